The van der Waals surface area contributed by atoms with Crippen molar-refractivity contribution in [3.05, 3.63) is 40.6 Å². The van der Waals surface area contributed by atoms with Crippen LogP contribution in [0.15, 0.2) is 29.2 Å². The molecule has 0 aliphatic heterocycles. The minimum atomic E-state index is -0.467. The number of fused-ring (bicyclic) bond motifs is 1. The maximum Gasteiger partial charge on any atom is 0.248 e. The fourth-order valence-corrected chi connectivity index (χ4v) is 1.32. The Bertz CT molecular complexity index is 533. The average Bonchev–Trinajstić information content (AvgIpc) is 2.16. The molecule has 2 rings (SSSR count). The maximum absolute atomic E-state index is 13.2. The number of hydrogen-bond acceptors (Lipinski definition) is 2. The lowest BCUT2D eigenvalue weighted by atomic mass is 10.1. The predicted molar refractivity (Wildman–Crippen MR) is 51.1 cm³/mol. The highest BCUT2D eigenvalue weighted by Gasteiger charge is 2.04. The van der Waals surface area contributed by atoms with Crippen molar-refractivity contribution >= 4 is 10.8 Å². The van der Waals surface area contributed by atoms with Crippen molar-refractivity contribution in [1.29, 1.82) is 0 Å². The molecular formula is C10H8FNO2. The minimum absolute atomic E-state index is 0.171. The monoisotopic (exact) mass is 193 g/mol. The van der Waals surface area contributed by atoms with Gasteiger partial charge in [0.25, 0.3) is 0 Å². The number of nitrogens with one attached hydrogen (secondary N) is 1. The molecule has 0 spiro atoms. The molecule has 3 nitrogen and oxygen atoms in total. The van der Waals surface area contributed by atoms with E-state index in [0.717, 1.165) is 5.39 Å². The molecule has 1 aromatic carbocycles. The fraction of sp³-hybridized carbons (Fsp3) is 0.100. The van der Waals surface area contributed by atoms with E-state index in [9.17, 15) is 9.18 Å². The standard InChI is InChI=1S/C10H8FNO2/c1-14-9-3-7-5-12-10(13)4-6(7)2-8(9)11/h2-5H,1H3,(H,12,13). The second-order valence-corrected chi connectivity index (χ2v) is 2.91. The van der Waals surface area contributed by atoms with Crippen LogP contribution in [-0.2, 0) is 0 Å². The van der Waals surface area contributed by atoms with Crippen molar-refractivity contribution in [2.75, 3.05) is 7.11 Å². The van der Waals surface area contributed by atoms with Crippen LogP contribution in [0.2, 0.25) is 0 Å². The summed E-state index contributed by atoms with van der Waals surface area (Å²) in [6.45, 7) is 0. The van der Waals surface area contributed by atoms with Crippen LogP contribution in [0.1, 0.15) is 0 Å². The van der Waals surface area contributed by atoms with E-state index in [2.05, 4.69) is 4.98 Å². The molecule has 0 saturated heterocycles. The molecule has 2 aromatic rings. The van der Waals surface area contributed by atoms with E-state index in [-0.39, 0.29) is 11.3 Å². The highest BCUT2D eigenvalue weighted by Crippen LogP contribution is 2.22. The zero-order chi connectivity index (χ0) is 10.1. The smallest absolute Gasteiger partial charge is 0.248 e. The third-order valence-electron chi connectivity index (χ3n) is 2.01. The van der Waals surface area contributed by atoms with Gasteiger partial charge < -0.3 is 9.72 Å². The van der Waals surface area contributed by atoms with E-state index in [0.29, 0.717) is 5.39 Å². The number of pyridine rings is 1. The normalized spacial score (nSPS) is 10.4. The van der Waals surface area contributed by atoms with Crippen LogP contribution >= 0.6 is 0 Å². The maximum atomic E-state index is 13.2. The molecular weight excluding hydrogens is 185 g/mol. The van der Waals surface area contributed by atoms with E-state index in [1.807, 2.05) is 0 Å². The summed E-state index contributed by atoms with van der Waals surface area (Å²) in [5.74, 6) is -0.296. The third-order valence-corrected chi connectivity index (χ3v) is 2.01. The largest absolute Gasteiger partial charge is 0.494 e. The number of rotatable bonds is 1. The lowest BCUT2D eigenvalue weighted by Crippen LogP contribution is -2.02. The number of ether oxygens (including phenoxy) is 1. The van der Waals surface area contributed by atoms with E-state index in [4.69, 9.17) is 4.74 Å². The predicted octanol–water partition coefficient (Wildman–Crippen LogP) is 1.68. The Balaban J connectivity index is 2.79. The van der Waals surface area contributed by atoms with Crippen molar-refractivity contribution < 1.29 is 9.13 Å². The van der Waals surface area contributed by atoms with Gasteiger partial charge in [-0.25, -0.2) is 4.39 Å². The Morgan fingerprint density at radius 2 is 2.07 bits per heavy atom. The first-order valence-corrected chi connectivity index (χ1v) is 4.06. The van der Waals surface area contributed by atoms with Gasteiger partial charge in [-0.3, -0.25) is 4.79 Å². The van der Waals surface area contributed by atoms with Crippen LogP contribution in [0.25, 0.3) is 10.8 Å². The highest BCUT2D eigenvalue weighted by atomic mass is 19.1. The van der Waals surface area contributed by atoms with Gasteiger partial charge in [-0.1, -0.05) is 0 Å². The fourth-order valence-electron chi connectivity index (χ4n) is 1.32. The van der Waals surface area contributed by atoms with Gasteiger partial charge >= 0.3 is 0 Å². The Kier molecular flexibility index (Phi) is 1.96. The molecule has 14 heavy (non-hydrogen) atoms. The average molecular weight is 193 g/mol. The number of halogens is 1. The number of methoxy groups -OCH3 is 1. The quantitative estimate of drug-likeness (QED) is 0.748. The first kappa shape index (κ1) is 8.74. The van der Waals surface area contributed by atoms with Crippen molar-refractivity contribution in [1.82, 2.24) is 4.98 Å². The summed E-state index contributed by atoms with van der Waals surface area (Å²) in [6, 6.07) is 4.17. The summed E-state index contributed by atoms with van der Waals surface area (Å²) in [6.07, 6.45) is 1.53. The molecule has 0 aliphatic rings. The molecule has 0 bridgehead atoms. The Hall–Kier alpha value is -1.84. The summed E-state index contributed by atoms with van der Waals surface area (Å²) in [5.41, 5.74) is -0.248. The van der Waals surface area contributed by atoms with Crippen molar-refractivity contribution in [3.63, 3.8) is 0 Å². The lowest BCUT2D eigenvalue weighted by Gasteiger charge is -2.03. The van der Waals surface area contributed by atoms with Gasteiger partial charge in [0, 0.05) is 17.6 Å². The summed E-state index contributed by atoms with van der Waals surface area (Å²) in [5, 5.41) is 1.30. The van der Waals surface area contributed by atoms with Gasteiger partial charge in [0.1, 0.15) is 0 Å². The molecule has 72 valence electrons. The zero-order valence-corrected chi connectivity index (χ0v) is 7.50. The van der Waals surface area contributed by atoms with Crippen LogP contribution in [0.3, 0.4) is 0 Å². The van der Waals surface area contributed by atoms with Gasteiger partial charge in [0.05, 0.1) is 7.11 Å². The van der Waals surface area contributed by atoms with E-state index in [1.54, 1.807) is 6.07 Å². The molecule has 0 amide bonds. The Labute approximate surface area is 79.1 Å². The van der Waals surface area contributed by atoms with Crippen molar-refractivity contribution in [2.24, 2.45) is 0 Å². The molecule has 1 N–H and O–H groups in total. The number of hydrogen-bond donors (Lipinski definition) is 1. The first-order chi connectivity index (χ1) is 6.70. The molecule has 0 unspecified atom stereocenters. The Morgan fingerprint density at radius 1 is 1.29 bits per heavy atom. The molecule has 1 heterocycles. The van der Waals surface area contributed by atoms with Crippen molar-refractivity contribution in [2.45, 2.75) is 0 Å². The topological polar surface area (TPSA) is 42.1 Å². The van der Waals surface area contributed by atoms with Gasteiger partial charge in [0.15, 0.2) is 11.6 Å². The Morgan fingerprint density at radius 3 is 2.79 bits per heavy atom. The molecule has 0 fully saturated rings. The van der Waals surface area contributed by atoms with E-state index in [1.165, 1.54) is 25.4 Å². The van der Waals surface area contributed by atoms with Gasteiger partial charge in [-0.15, -0.1) is 0 Å². The number of H-pyrrole nitrogens is 1. The first-order valence-electron chi connectivity index (χ1n) is 4.06. The molecule has 0 saturated carbocycles. The zero-order valence-electron chi connectivity index (χ0n) is 7.50. The van der Waals surface area contributed by atoms with Crippen LogP contribution in [0.5, 0.6) is 5.75 Å². The van der Waals surface area contributed by atoms with E-state index < -0.39 is 5.82 Å². The van der Waals surface area contributed by atoms with Gasteiger partial charge in [-0.2, -0.15) is 0 Å². The van der Waals surface area contributed by atoms with Crippen LogP contribution in [0, 0.1) is 5.82 Å². The number of aromatic nitrogens is 1. The SMILES string of the molecule is COc1cc2c[nH]c(=O)cc2cc1F. The van der Waals surface area contributed by atoms with Gasteiger partial charge in [0.2, 0.25) is 5.56 Å². The summed E-state index contributed by atoms with van der Waals surface area (Å²) < 4.78 is 18.0. The molecule has 0 atom stereocenters. The van der Waals surface area contributed by atoms with Crippen LogP contribution in [0.4, 0.5) is 4.39 Å². The highest BCUT2D eigenvalue weighted by molar-refractivity contribution is 5.82. The third kappa shape index (κ3) is 1.35. The van der Waals surface area contributed by atoms with Crippen LogP contribution < -0.4 is 10.3 Å². The van der Waals surface area contributed by atoms with Crippen LogP contribution in [-0.4, -0.2) is 12.1 Å². The lowest BCUT2D eigenvalue weighted by molar-refractivity contribution is 0.387. The van der Waals surface area contributed by atoms with Crippen molar-refractivity contribution in [3.8, 4) is 5.75 Å². The summed E-state index contributed by atoms with van der Waals surface area (Å²) in [4.78, 5) is 13.5. The van der Waals surface area contributed by atoms with E-state index >= 15 is 0 Å². The number of benzene rings is 1. The number of aromatic amines is 1. The molecule has 0 radical (unpaired) electrons. The summed E-state index contributed by atoms with van der Waals surface area (Å²) in [7, 11) is 1.40. The second-order valence-electron chi connectivity index (χ2n) is 2.91. The summed E-state index contributed by atoms with van der Waals surface area (Å²) >= 11 is 0. The minimum Gasteiger partial charge on any atom is -0.494 e. The molecule has 4 heteroatoms. The molecule has 1 aromatic heterocycles. The molecule has 0 aliphatic carbocycles. The second kappa shape index (κ2) is 3.14. The van der Waals surface area contributed by atoms with Gasteiger partial charge in [-0.05, 0) is 17.5 Å².